The molecule has 0 aliphatic heterocycles. The van der Waals surface area contributed by atoms with Crippen LogP contribution in [0.25, 0.3) is 0 Å². The Kier molecular flexibility index (Phi) is 4.57. The van der Waals surface area contributed by atoms with Crippen molar-refractivity contribution in [3.8, 4) is 17.2 Å². The zero-order chi connectivity index (χ0) is 15.5. The normalized spacial score (nSPS) is 16.9. The molecule has 1 aliphatic carbocycles. The third-order valence-electron chi connectivity index (χ3n) is 3.46. The lowest BCUT2D eigenvalue weighted by atomic mass is 10.0. The highest BCUT2D eigenvalue weighted by Gasteiger charge is 2.39. The van der Waals surface area contributed by atoms with Crippen LogP contribution < -0.4 is 19.5 Å². The van der Waals surface area contributed by atoms with Crippen LogP contribution in [0.4, 0.5) is 0 Å². The summed E-state index contributed by atoms with van der Waals surface area (Å²) < 4.78 is 16.2. The van der Waals surface area contributed by atoms with Crippen molar-refractivity contribution in [1.29, 1.82) is 0 Å². The second-order valence-corrected chi connectivity index (χ2v) is 5.34. The molecule has 0 radical (unpaired) electrons. The summed E-state index contributed by atoms with van der Waals surface area (Å²) in [6.45, 7) is 1.60. The average Bonchev–Trinajstić information content (AvgIpc) is 3.28. The number of hydrogen-bond acceptors (Lipinski definition) is 5. The first kappa shape index (κ1) is 15.4. The lowest BCUT2D eigenvalue weighted by Crippen LogP contribution is -2.54. The van der Waals surface area contributed by atoms with Crippen molar-refractivity contribution in [1.82, 2.24) is 5.32 Å². The van der Waals surface area contributed by atoms with E-state index in [0.717, 1.165) is 12.8 Å². The molecule has 1 aromatic carbocycles. The Balaban J connectivity index is 2.15. The lowest BCUT2D eigenvalue weighted by Gasteiger charge is -2.27. The third kappa shape index (κ3) is 3.58. The van der Waals surface area contributed by atoms with Crippen LogP contribution in [0.15, 0.2) is 18.2 Å². The summed E-state index contributed by atoms with van der Waals surface area (Å²) in [6, 6.07) is 5.52. The van der Waals surface area contributed by atoms with Crippen LogP contribution in [0.2, 0.25) is 0 Å². The van der Waals surface area contributed by atoms with E-state index < -0.39 is 11.5 Å². The molecule has 0 amide bonds. The molecule has 6 heteroatoms. The quantitative estimate of drug-likeness (QED) is 0.760. The number of carbonyl (C=O) groups is 1. The molecule has 0 spiro atoms. The van der Waals surface area contributed by atoms with Gasteiger partial charge in [-0.25, -0.2) is 0 Å². The first-order valence-corrected chi connectivity index (χ1v) is 6.85. The average molecular weight is 295 g/mol. The molecule has 0 bridgehead atoms. The van der Waals surface area contributed by atoms with Gasteiger partial charge in [-0.05, 0) is 31.9 Å². The Labute approximate surface area is 124 Å². The highest BCUT2D eigenvalue weighted by Crippen LogP contribution is 2.37. The number of rotatable bonds is 8. The van der Waals surface area contributed by atoms with Crippen molar-refractivity contribution >= 4 is 5.97 Å². The molecule has 2 N–H and O–H groups in total. The van der Waals surface area contributed by atoms with Crippen molar-refractivity contribution in [3.63, 3.8) is 0 Å². The second kappa shape index (κ2) is 6.22. The molecule has 1 aromatic rings. The fraction of sp³-hybridized carbons (Fsp3) is 0.533. The Morgan fingerprint density at radius 2 is 1.90 bits per heavy atom. The van der Waals surface area contributed by atoms with Gasteiger partial charge >= 0.3 is 5.97 Å². The third-order valence-corrected chi connectivity index (χ3v) is 3.46. The van der Waals surface area contributed by atoms with E-state index in [-0.39, 0.29) is 12.6 Å². The van der Waals surface area contributed by atoms with Gasteiger partial charge in [0.25, 0.3) is 0 Å². The van der Waals surface area contributed by atoms with Gasteiger partial charge in [0.05, 0.1) is 14.2 Å². The number of carboxylic acid groups (broad SMARTS) is 1. The van der Waals surface area contributed by atoms with E-state index >= 15 is 0 Å². The van der Waals surface area contributed by atoms with Gasteiger partial charge in [-0.2, -0.15) is 0 Å². The molecule has 21 heavy (non-hydrogen) atoms. The van der Waals surface area contributed by atoms with E-state index in [4.69, 9.17) is 14.2 Å². The first-order chi connectivity index (χ1) is 10.00. The van der Waals surface area contributed by atoms with Crippen LogP contribution in [-0.2, 0) is 4.79 Å². The Hall–Kier alpha value is -1.95. The smallest absolute Gasteiger partial charge is 0.327 e. The van der Waals surface area contributed by atoms with E-state index in [2.05, 4.69) is 5.32 Å². The van der Waals surface area contributed by atoms with Crippen LogP contribution in [0.1, 0.15) is 19.8 Å². The zero-order valence-corrected chi connectivity index (χ0v) is 12.5. The summed E-state index contributed by atoms with van der Waals surface area (Å²) in [5, 5.41) is 12.5. The molecule has 0 saturated heterocycles. The van der Waals surface area contributed by atoms with Crippen LogP contribution in [-0.4, -0.2) is 43.5 Å². The van der Waals surface area contributed by atoms with Gasteiger partial charge in [-0.1, -0.05) is 6.07 Å². The van der Waals surface area contributed by atoms with Gasteiger partial charge in [0, 0.05) is 6.04 Å². The molecule has 0 heterocycles. The lowest BCUT2D eigenvalue weighted by molar-refractivity contribution is -0.145. The topological polar surface area (TPSA) is 77.0 Å². The first-order valence-electron chi connectivity index (χ1n) is 6.85. The predicted octanol–water partition coefficient (Wildman–Crippen LogP) is 1.68. The van der Waals surface area contributed by atoms with Crippen LogP contribution in [0.5, 0.6) is 17.2 Å². The van der Waals surface area contributed by atoms with E-state index in [1.807, 2.05) is 0 Å². The van der Waals surface area contributed by atoms with Gasteiger partial charge in [-0.3, -0.25) is 10.1 Å². The molecule has 1 atom stereocenters. The number of aliphatic carboxylic acids is 1. The fourth-order valence-electron chi connectivity index (χ4n) is 2.02. The maximum absolute atomic E-state index is 11.5. The molecule has 1 fully saturated rings. The van der Waals surface area contributed by atoms with Gasteiger partial charge in [0.2, 0.25) is 5.75 Å². The summed E-state index contributed by atoms with van der Waals surface area (Å²) in [5.74, 6) is 0.484. The zero-order valence-electron chi connectivity index (χ0n) is 12.5. The monoisotopic (exact) mass is 295 g/mol. The second-order valence-electron chi connectivity index (χ2n) is 5.34. The number of hydrogen-bond donors (Lipinski definition) is 2. The fourth-order valence-corrected chi connectivity index (χ4v) is 2.02. The van der Waals surface area contributed by atoms with Crippen molar-refractivity contribution in [2.24, 2.45) is 0 Å². The minimum atomic E-state index is -1.15. The van der Waals surface area contributed by atoms with E-state index in [9.17, 15) is 9.90 Å². The molecule has 1 unspecified atom stereocenters. The Morgan fingerprint density at radius 3 is 2.33 bits per heavy atom. The Bertz CT molecular complexity index is 493. The number of nitrogens with one attached hydrogen (secondary N) is 1. The van der Waals surface area contributed by atoms with E-state index in [1.54, 1.807) is 25.1 Å². The van der Waals surface area contributed by atoms with Gasteiger partial charge in [0.1, 0.15) is 12.1 Å². The molecule has 6 nitrogen and oxygen atoms in total. The molecule has 116 valence electrons. The molecule has 1 aliphatic rings. The number of para-hydroxylation sites is 1. The number of methoxy groups -OCH3 is 2. The minimum Gasteiger partial charge on any atom is -0.493 e. The van der Waals surface area contributed by atoms with Crippen LogP contribution >= 0.6 is 0 Å². The molecule has 2 rings (SSSR count). The largest absolute Gasteiger partial charge is 0.493 e. The minimum absolute atomic E-state index is 0.0183. The maximum atomic E-state index is 11.5. The van der Waals surface area contributed by atoms with Gasteiger partial charge in [-0.15, -0.1) is 0 Å². The van der Waals surface area contributed by atoms with E-state index in [0.29, 0.717) is 17.2 Å². The SMILES string of the molecule is COc1cccc(OC)c1OCC(C)(NC1CC1)C(=O)O. The van der Waals surface area contributed by atoms with Crippen LogP contribution in [0.3, 0.4) is 0 Å². The standard InChI is InChI=1S/C15H21NO5/c1-15(14(17)18,16-10-7-8-10)9-21-13-11(19-2)5-4-6-12(13)20-3/h4-6,10,16H,7-9H2,1-3H3,(H,17,18). The number of carboxylic acids is 1. The van der Waals surface area contributed by atoms with Crippen molar-refractivity contribution in [2.75, 3.05) is 20.8 Å². The summed E-state index contributed by atoms with van der Waals surface area (Å²) in [5.41, 5.74) is -1.15. The molecular formula is C15H21NO5. The summed E-state index contributed by atoms with van der Waals surface area (Å²) in [4.78, 5) is 11.5. The van der Waals surface area contributed by atoms with E-state index in [1.165, 1.54) is 14.2 Å². The summed E-state index contributed by atoms with van der Waals surface area (Å²) >= 11 is 0. The molecular weight excluding hydrogens is 274 g/mol. The summed E-state index contributed by atoms with van der Waals surface area (Å²) in [7, 11) is 3.06. The van der Waals surface area contributed by atoms with Gasteiger partial charge in [0.15, 0.2) is 11.5 Å². The molecule has 1 saturated carbocycles. The van der Waals surface area contributed by atoms with Crippen LogP contribution in [0, 0.1) is 0 Å². The highest BCUT2D eigenvalue weighted by atomic mass is 16.5. The Morgan fingerprint density at radius 1 is 1.33 bits per heavy atom. The van der Waals surface area contributed by atoms with Crippen molar-refractivity contribution in [3.05, 3.63) is 18.2 Å². The number of benzene rings is 1. The van der Waals surface area contributed by atoms with Crippen molar-refractivity contribution in [2.45, 2.75) is 31.3 Å². The summed E-state index contributed by atoms with van der Waals surface area (Å²) in [6.07, 6.45) is 2.00. The molecule has 0 aromatic heterocycles. The van der Waals surface area contributed by atoms with Gasteiger partial charge < -0.3 is 19.3 Å². The predicted molar refractivity (Wildman–Crippen MR) is 77.2 cm³/mol. The van der Waals surface area contributed by atoms with Crippen molar-refractivity contribution < 1.29 is 24.1 Å². The number of ether oxygens (including phenoxy) is 3. The maximum Gasteiger partial charge on any atom is 0.327 e. The highest BCUT2D eigenvalue weighted by molar-refractivity contribution is 5.78.